The lowest BCUT2D eigenvalue weighted by molar-refractivity contribution is 0.414. The molecule has 0 aromatic heterocycles. The number of nitrogens with two attached hydrogens (primary N) is 1. The summed E-state index contributed by atoms with van der Waals surface area (Å²) in [5.74, 6) is 2.93. The Kier molecular flexibility index (Phi) is 4.26. The summed E-state index contributed by atoms with van der Waals surface area (Å²) in [4.78, 5) is 0. The van der Waals surface area contributed by atoms with Crippen LogP contribution in [0.3, 0.4) is 0 Å². The number of ether oxygens (including phenoxy) is 1. The first-order valence-corrected chi connectivity index (χ1v) is 7.69. The molecule has 1 fully saturated rings. The highest BCUT2D eigenvalue weighted by Gasteiger charge is 2.42. The number of rotatable bonds is 6. The van der Waals surface area contributed by atoms with Gasteiger partial charge in [-0.15, -0.1) is 0 Å². The Morgan fingerprint density at radius 3 is 2.43 bits per heavy atom. The predicted molar refractivity (Wildman–Crippen MR) is 86.5 cm³/mol. The van der Waals surface area contributed by atoms with Gasteiger partial charge in [0.2, 0.25) is 0 Å². The third-order valence-corrected chi connectivity index (χ3v) is 4.63. The molecule has 0 amide bonds. The van der Waals surface area contributed by atoms with Crippen LogP contribution in [0.2, 0.25) is 0 Å². The van der Waals surface area contributed by atoms with Gasteiger partial charge in [-0.3, -0.25) is 0 Å². The summed E-state index contributed by atoms with van der Waals surface area (Å²) in [6.07, 6.45) is 2.34. The number of hydrogen-bond acceptors (Lipinski definition) is 2. The first-order valence-electron chi connectivity index (χ1n) is 7.69. The van der Waals surface area contributed by atoms with Crippen molar-refractivity contribution in [3.05, 3.63) is 65.7 Å². The summed E-state index contributed by atoms with van der Waals surface area (Å²) in [7, 11) is 1.70. The van der Waals surface area contributed by atoms with Crippen LogP contribution in [-0.2, 0) is 6.42 Å². The van der Waals surface area contributed by atoms with Crippen molar-refractivity contribution >= 4 is 0 Å². The van der Waals surface area contributed by atoms with Crippen LogP contribution in [0.15, 0.2) is 54.6 Å². The normalized spacial score (nSPS) is 21.8. The van der Waals surface area contributed by atoms with Crippen molar-refractivity contribution in [2.24, 2.45) is 17.6 Å². The van der Waals surface area contributed by atoms with Gasteiger partial charge in [0.25, 0.3) is 0 Å². The molecule has 2 heteroatoms. The molecule has 0 bridgehead atoms. The fourth-order valence-corrected chi connectivity index (χ4v) is 3.29. The van der Waals surface area contributed by atoms with Gasteiger partial charge >= 0.3 is 0 Å². The van der Waals surface area contributed by atoms with Crippen LogP contribution < -0.4 is 10.5 Å². The molecule has 3 atom stereocenters. The van der Waals surface area contributed by atoms with Gasteiger partial charge in [-0.05, 0) is 60.4 Å². The fourth-order valence-electron chi connectivity index (χ4n) is 3.29. The van der Waals surface area contributed by atoms with Gasteiger partial charge in [0.05, 0.1) is 7.11 Å². The van der Waals surface area contributed by atoms with Crippen molar-refractivity contribution in [3.8, 4) is 5.75 Å². The highest BCUT2D eigenvalue weighted by atomic mass is 16.5. The maximum absolute atomic E-state index is 6.03. The molecular weight excluding hydrogens is 258 g/mol. The summed E-state index contributed by atoms with van der Waals surface area (Å²) >= 11 is 0. The van der Waals surface area contributed by atoms with E-state index in [1.807, 2.05) is 12.1 Å². The Morgan fingerprint density at radius 1 is 1.10 bits per heavy atom. The minimum atomic E-state index is 0.573. The van der Waals surface area contributed by atoms with Gasteiger partial charge in [-0.1, -0.05) is 42.5 Å². The Labute approximate surface area is 126 Å². The van der Waals surface area contributed by atoms with Crippen LogP contribution in [0.25, 0.3) is 0 Å². The second-order valence-electron chi connectivity index (χ2n) is 5.96. The van der Waals surface area contributed by atoms with E-state index < -0.39 is 0 Å². The number of benzene rings is 2. The average Bonchev–Trinajstić information content (AvgIpc) is 3.34. The smallest absolute Gasteiger partial charge is 0.118 e. The molecule has 2 aromatic carbocycles. The standard InChI is InChI=1S/C19H23NO/c1-21-17-9-7-14(8-10-17)11-16(13-20)19-12-18(19)15-5-3-2-4-6-15/h2-10,16,18-19H,11-13,20H2,1H3. The van der Waals surface area contributed by atoms with Crippen molar-refractivity contribution in [1.82, 2.24) is 0 Å². The highest BCUT2D eigenvalue weighted by Crippen LogP contribution is 2.52. The molecule has 0 heterocycles. The lowest BCUT2D eigenvalue weighted by atomic mass is 9.92. The van der Waals surface area contributed by atoms with E-state index in [1.165, 1.54) is 17.5 Å². The molecule has 0 aliphatic heterocycles. The van der Waals surface area contributed by atoms with E-state index in [0.29, 0.717) is 11.8 Å². The number of methoxy groups -OCH3 is 1. The molecule has 1 aliphatic rings. The van der Waals surface area contributed by atoms with Crippen LogP contribution in [0.4, 0.5) is 0 Å². The van der Waals surface area contributed by atoms with Gasteiger partial charge in [-0.2, -0.15) is 0 Å². The molecule has 1 aliphatic carbocycles. The molecule has 2 aromatic rings. The van der Waals surface area contributed by atoms with E-state index in [0.717, 1.165) is 24.6 Å². The zero-order valence-corrected chi connectivity index (χ0v) is 12.5. The van der Waals surface area contributed by atoms with E-state index in [9.17, 15) is 0 Å². The predicted octanol–water partition coefficient (Wildman–Crippen LogP) is 3.62. The van der Waals surface area contributed by atoms with Gasteiger partial charge in [0.1, 0.15) is 5.75 Å². The van der Waals surface area contributed by atoms with Gasteiger partial charge in [0, 0.05) is 0 Å². The zero-order chi connectivity index (χ0) is 14.7. The molecule has 3 unspecified atom stereocenters. The van der Waals surface area contributed by atoms with Crippen molar-refractivity contribution in [1.29, 1.82) is 0 Å². The molecular formula is C19H23NO. The molecule has 0 saturated heterocycles. The topological polar surface area (TPSA) is 35.2 Å². The van der Waals surface area contributed by atoms with Crippen LogP contribution in [0.1, 0.15) is 23.5 Å². The monoisotopic (exact) mass is 281 g/mol. The molecule has 0 spiro atoms. The van der Waals surface area contributed by atoms with Crippen molar-refractivity contribution in [2.75, 3.05) is 13.7 Å². The summed E-state index contributed by atoms with van der Waals surface area (Å²) in [6, 6.07) is 19.2. The first-order chi connectivity index (χ1) is 10.3. The first kappa shape index (κ1) is 14.2. The second kappa shape index (κ2) is 6.31. The molecule has 2 N–H and O–H groups in total. The minimum Gasteiger partial charge on any atom is -0.497 e. The second-order valence-corrected chi connectivity index (χ2v) is 5.96. The third-order valence-electron chi connectivity index (χ3n) is 4.63. The highest BCUT2D eigenvalue weighted by molar-refractivity contribution is 5.29. The van der Waals surface area contributed by atoms with Gasteiger partial charge in [-0.25, -0.2) is 0 Å². The maximum Gasteiger partial charge on any atom is 0.118 e. The van der Waals surface area contributed by atoms with Crippen LogP contribution in [0.5, 0.6) is 5.75 Å². The Bertz CT molecular complexity index is 564. The zero-order valence-electron chi connectivity index (χ0n) is 12.5. The lowest BCUT2D eigenvalue weighted by Crippen LogP contribution is -2.19. The summed E-state index contributed by atoms with van der Waals surface area (Å²) in [5.41, 5.74) is 8.85. The Morgan fingerprint density at radius 2 is 1.81 bits per heavy atom. The molecule has 0 radical (unpaired) electrons. The molecule has 2 nitrogen and oxygen atoms in total. The molecule has 3 rings (SSSR count). The molecule has 110 valence electrons. The van der Waals surface area contributed by atoms with Gasteiger partial charge < -0.3 is 10.5 Å². The SMILES string of the molecule is COc1ccc(CC(CN)C2CC2c2ccccc2)cc1. The van der Waals surface area contributed by atoms with Crippen LogP contribution >= 0.6 is 0 Å². The molecule has 1 saturated carbocycles. The van der Waals surface area contributed by atoms with Crippen LogP contribution in [-0.4, -0.2) is 13.7 Å². The van der Waals surface area contributed by atoms with E-state index in [2.05, 4.69) is 42.5 Å². The van der Waals surface area contributed by atoms with Crippen molar-refractivity contribution < 1.29 is 4.74 Å². The summed E-state index contributed by atoms with van der Waals surface area (Å²) < 4.78 is 5.21. The van der Waals surface area contributed by atoms with Crippen molar-refractivity contribution in [2.45, 2.75) is 18.8 Å². The van der Waals surface area contributed by atoms with E-state index in [1.54, 1.807) is 7.11 Å². The Balaban J connectivity index is 1.64. The quantitative estimate of drug-likeness (QED) is 0.877. The van der Waals surface area contributed by atoms with E-state index in [4.69, 9.17) is 10.5 Å². The van der Waals surface area contributed by atoms with E-state index >= 15 is 0 Å². The molecule has 21 heavy (non-hydrogen) atoms. The largest absolute Gasteiger partial charge is 0.497 e. The van der Waals surface area contributed by atoms with Gasteiger partial charge in [0.15, 0.2) is 0 Å². The van der Waals surface area contributed by atoms with Crippen molar-refractivity contribution in [3.63, 3.8) is 0 Å². The average molecular weight is 281 g/mol. The minimum absolute atomic E-state index is 0.573. The van der Waals surface area contributed by atoms with Crippen LogP contribution in [0, 0.1) is 11.8 Å². The fraction of sp³-hybridized carbons (Fsp3) is 0.368. The summed E-state index contributed by atoms with van der Waals surface area (Å²) in [6.45, 7) is 0.764. The Hall–Kier alpha value is -1.80. The number of hydrogen-bond donors (Lipinski definition) is 1. The summed E-state index contributed by atoms with van der Waals surface area (Å²) in [5, 5.41) is 0. The maximum atomic E-state index is 6.03. The van der Waals surface area contributed by atoms with E-state index in [-0.39, 0.29) is 0 Å². The third kappa shape index (κ3) is 3.27. The lowest BCUT2D eigenvalue weighted by Gasteiger charge is -2.15.